The summed E-state index contributed by atoms with van der Waals surface area (Å²) in [5.74, 6) is -3.19. The first-order valence-corrected chi connectivity index (χ1v) is 12.0. The Morgan fingerprint density at radius 1 is 1.17 bits per heavy atom. The van der Waals surface area contributed by atoms with E-state index in [1.165, 1.54) is 7.05 Å². The second-order valence-electron chi connectivity index (χ2n) is 9.89. The molecule has 2 aliphatic heterocycles. The molecule has 4 heterocycles. The minimum absolute atomic E-state index is 0.105. The molecule has 0 aliphatic carbocycles. The third kappa shape index (κ3) is 4.04. The number of aromatic nitrogens is 4. The van der Waals surface area contributed by atoms with Gasteiger partial charge in [-0.15, -0.1) is 0 Å². The summed E-state index contributed by atoms with van der Waals surface area (Å²) < 4.78 is 47.0. The van der Waals surface area contributed by atoms with Gasteiger partial charge < -0.3 is 14.8 Å². The van der Waals surface area contributed by atoms with Gasteiger partial charge >= 0.3 is 5.69 Å². The molecule has 8 nitrogen and oxygen atoms in total. The number of hydrogen-bond donors (Lipinski definition) is 1. The van der Waals surface area contributed by atoms with Gasteiger partial charge in [0, 0.05) is 44.8 Å². The average molecular weight is 503 g/mol. The van der Waals surface area contributed by atoms with Crippen LogP contribution >= 0.6 is 0 Å². The molecule has 2 fully saturated rings. The van der Waals surface area contributed by atoms with E-state index in [9.17, 15) is 14.0 Å². The van der Waals surface area contributed by atoms with Crippen molar-refractivity contribution in [3.8, 4) is 0 Å². The van der Waals surface area contributed by atoms with E-state index in [2.05, 4.69) is 10.2 Å². The predicted molar refractivity (Wildman–Crippen MR) is 131 cm³/mol. The van der Waals surface area contributed by atoms with Crippen LogP contribution in [0.15, 0.2) is 45.5 Å². The SMILES string of the molecule is CC(C)=CCn1c(N2CCC3CNCC32)nc2c1c(=O)n(CC(F)(F)c1ccc(F)cc1)c(=O)n2C. The first kappa shape index (κ1) is 24.4. The quantitative estimate of drug-likeness (QED) is 0.525. The zero-order valence-corrected chi connectivity index (χ0v) is 20.5. The lowest BCUT2D eigenvalue weighted by Gasteiger charge is -2.25. The van der Waals surface area contributed by atoms with Crippen molar-refractivity contribution >= 4 is 17.1 Å². The molecule has 36 heavy (non-hydrogen) atoms. The van der Waals surface area contributed by atoms with Gasteiger partial charge in [0.15, 0.2) is 11.2 Å². The smallest absolute Gasteiger partial charge is 0.332 e. The normalized spacial score (nSPS) is 19.8. The zero-order valence-electron chi connectivity index (χ0n) is 20.5. The largest absolute Gasteiger partial charge is 0.338 e. The highest BCUT2D eigenvalue weighted by Gasteiger charge is 2.40. The molecule has 0 bridgehead atoms. The third-order valence-corrected chi connectivity index (χ3v) is 7.22. The molecule has 2 atom stereocenters. The second-order valence-corrected chi connectivity index (χ2v) is 9.89. The van der Waals surface area contributed by atoms with Crippen molar-refractivity contribution < 1.29 is 13.2 Å². The highest BCUT2D eigenvalue weighted by molar-refractivity contribution is 5.75. The molecule has 2 aliphatic rings. The Labute approximate surface area is 205 Å². The van der Waals surface area contributed by atoms with Crippen LogP contribution in [-0.4, -0.2) is 44.4 Å². The van der Waals surface area contributed by atoms with Crippen molar-refractivity contribution in [3.05, 3.63) is 68.1 Å². The van der Waals surface area contributed by atoms with Crippen molar-refractivity contribution in [1.29, 1.82) is 0 Å². The lowest BCUT2D eigenvalue weighted by molar-refractivity contribution is -0.0244. The summed E-state index contributed by atoms with van der Waals surface area (Å²) in [6.07, 6.45) is 2.92. The number of nitrogens with zero attached hydrogens (tertiary/aromatic N) is 5. The summed E-state index contributed by atoms with van der Waals surface area (Å²) in [6.45, 7) is 5.49. The Bertz CT molecular complexity index is 1450. The monoisotopic (exact) mass is 502 g/mol. The Balaban J connectivity index is 1.67. The van der Waals surface area contributed by atoms with Gasteiger partial charge in [0.05, 0.1) is 6.54 Å². The van der Waals surface area contributed by atoms with Crippen LogP contribution in [0.2, 0.25) is 0 Å². The third-order valence-electron chi connectivity index (χ3n) is 7.22. The van der Waals surface area contributed by atoms with E-state index in [-0.39, 0.29) is 17.2 Å². The number of anilines is 1. The first-order valence-electron chi connectivity index (χ1n) is 12.0. The Morgan fingerprint density at radius 2 is 1.89 bits per heavy atom. The molecule has 3 aromatic rings. The van der Waals surface area contributed by atoms with Crippen molar-refractivity contribution in [2.24, 2.45) is 13.0 Å². The standard InChI is InChI=1S/C25H29F3N6O2/c1-15(2)8-10-33-20-21(30-23(33)32-11-9-16-12-29-13-19(16)32)31(3)24(36)34(22(20)35)14-25(27,28)17-4-6-18(26)7-5-17/h4-8,16,19,29H,9-14H2,1-3H3. The van der Waals surface area contributed by atoms with Crippen LogP contribution in [0.1, 0.15) is 25.8 Å². The van der Waals surface area contributed by atoms with Crippen molar-refractivity contribution in [1.82, 2.24) is 24.0 Å². The molecule has 2 aromatic heterocycles. The Hall–Kier alpha value is -3.34. The molecule has 0 saturated carbocycles. The van der Waals surface area contributed by atoms with E-state index in [0.717, 1.165) is 60.5 Å². The number of aryl methyl sites for hydroxylation is 1. The summed E-state index contributed by atoms with van der Waals surface area (Å²) in [5.41, 5.74) is -0.886. The molecule has 1 N–H and O–H groups in total. The summed E-state index contributed by atoms with van der Waals surface area (Å²) in [4.78, 5) is 33.6. The summed E-state index contributed by atoms with van der Waals surface area (Å²) in [7, 11) is 1.43. The van der Waals surface area contributed by atoms with Crippen molar-refractivity contribution in [3.63, 3.8) is 0 Å². The fraction of sp³-hybridized carbons (Fsp3) is 0.480. The van der Waals surface area contributed by atoms with Gasteiger partial charge in [0.2, 0.25) is 5.95 Å². The number of benzene rings is 1. The van der Waals surface area contributed by atoms with E-state index in [0.29, 0.717) is 23.0 Å². The molecule has 1 aromatic carbocycles. The number of hydrogen-bond acceptors (Lipinski definition) is 5. The van der Waals surface area contributed by atoms with Crippen LogP contribution in [0, 0.1) is 11.7 Å². The summed E-state index contributed by atoms with van der Waals surface area (Å²) in [5, 5.41) is 3.39. The number of fused-ring (bicyclic) bond motifs is 2. The van der Waals surface area contributed by atoms with Gasteiger partial charge in [-0.25, -0.2) is 9.18 Å². The molecule has 2 unspecified atom stereocenters. The number of nitrogens with one attached hydrogen (secondary N) is 1. The molecule has 5 rings (SSSR count). The Kier molecular flexibility index (Phi) is 6.06. The summed E-state index contributed by atoms with van der Waals surface area (Å²) in [6, 6.07) is 3.99. The van der Waals surface area contributed by atoms with E-state index < -0.39 is 35.1 Å². The average Bonchev–Trinajstić information content (AvgIpc) is 3.54. The van der Waals surface area contributed by atoms with E-state index in [4.69, 9.17) is 4.98 Å². The molecule has 0 radical (unpaired) electrons. The fourth-order valence-corrected chi connectivity index (χ4v) is 5.25. The molecule has 0 spiro atoms. The van der Waals surface area contributed by atoms with Gasteiger partial charge in [-0.1, -0.05) is 23.8 Å². The summed E-state index contributed by atoms with van der Waals surface area (Å²) >= 11 is 0. The molecule has 192 valence electrons. The van der Waals surface area contributed by atoms with E-state index >= 15 is 8.78 Å². The van der Waals surface area contributed by atoms with Gasteiger partial charge in [-0.3, -0.25) is 13.9 Å². The van der Waals surface area contributed by atoms with Crippen molar-refractivity contribution in [2.75, 3.05) is 24.5 Å². The lowest BCUT2D eigenvalue weighted by atomic mass is 10.1. The highest BCUT2D eigenvalue weighted by Crippen LogP contribution is 2.33. The molecular formula is C25H29F3N6O2. The topological polar surface area (TPSA) is 77.1 Å². The van der Waals surface area contributed by atoms with Crippen LogP contribution in [-0.2, 0) is 26.1 Å². The maximum Gasteiger partial charge on any atom is 0.332 e. The Morgan fingerprint density at radius 3 is 2.58 bits per heavy atom. The zero-order chi connectivity index (χ0) is 25.8. The van der Waals surface area contributed by atoms with Crippen LogP contribution in [0.3, 0.4) is 0 Å². The van der Waals surface area contributed by atoms with Crippen LogP contribution in [0.25, 0.3) is 11.2 Å². The van der Waals surface area contributed by atoms with Gasteiger partial charge in [0.25, 0.3) is 11.5 Å². The van der Waals surface area contributed by atoms with Crippen LogP contribution in [0.4, 0.5) is 19.1 Å². The molecule has 11 heteroatoms. The number of halogens is 3. The fourth-order valence-electron chi connectivity index (χ4n) is 5.25. The van der Waals surface area contributed by atoms with Crippen molar-refractivity contribution in [2.45, 2.75) is 45.3 Å². The minimum atomic E-state index is -3.57. The number of imidazole rings is 1. The lowest BCUT2D eigenvalue weighted by Crippen LogP contribution is -2.43. The first-order chi connectivity index (χ1) is 17.1. The maximum absolute atomic E-state index is 15.1. The molecule has 0 amide bonds. The minimum Gasteiger partial charge on any atom is -0.338 e. The van der Waals surface area contributed by atoms with Gasteiger partial charge in [-0.2, -0.15) is 13.8 Å². The number of alkyl halides is 2. The highest BCUT2D eigenvalue weighted by atomic mass is 19.3. The van der Waals surface area contributed by atoms with Gasteiger partial charge in [-0.05, 0) is 38.3 Å². The van der Waals surface area contributed by atoms with Crippen LogP contribution in [0.5, 0.6) is 0 Å². The van der Waals surface area contributed by atoms with Crippen LogP contribution < -0.4 is 21.5 Å². The van der Waals surface area contributed by atoms with E-state index in [1.807, 2.05) is 19.9 Å². The number of allylic oxidation sites excluding steroid dienone is 2. The number of rotatable bonds is 6. The second kappa shape index (κ2) is 8.95. The predicted octanol–water partition coefficient (Wildman–Crippen LogP) is 2.59. The van der Waals surface area contributed by atoms with Gasteiger partial charge in [0.1, 0.15) is 5.82 Å². The maximum atomic E-state index is 15.1. The van der Waals surface area contributed by atoms with E-state index in [1.54, 1.807) is 4.57 Å². The molecular weight excluding hydrogens is 473 g/mol. The molecule has 2 saturated heterocycles.